The molecule has 0 radical (unpaired) electrons. The van der Waals surface area contributed by atoms with E-state index >= 15 is 0 Å². The van der Waals surface area contributed by atoms with Gasteiger partial charge in [0.1, 0.15) is 0 Å². The van der Waals surface area contributed by atoms with Gasteiger partial charge in [-0.2, -0.15) is 0 Å². The first-order chi connectivity index (χ1) is 14.8. The van der Waals surface area contributed by atoms with E-state index in [0.717, 1.165) is 50.1 Å². The second-order valence-electron chi connectivity index (χ2n) is 11.0. The van der Waals surface area contributed by atoms with Gasteiger partial charge in [-0.25, -0.2) is 0 Å². The van der Waals surface area contributed by atoms with E-state index in [1.807, 2.05) is 6.07 Å². The van der Waals surface area contributed by atoms with Crippen LogP contribution in [-0.2, 0) is 11.3 Å². The van der Waals surface area contributed by atoms with Crippen molar-refractivity contribution < 1.29 is 19.3 Å². The maximum absolute atomic E-state index is 10.7. The molecule has 2 saturated carbocycles. The molecule has 2 aliphatic carbocycles. The van der Waals surface area contributed by atoms with Gasteiger partial charge in [0, 0.05) is 39.3 Å². The van der Waals surface area contributed by atoms with Crippen LogP contribution < -0.4 is 9.47 Å². The van der Waals surface area contributed by atoms with Crippen molar-refractivity contribution >= 4 is 0 Å². The summed E-state index contributed by atoms with van der Waals surface area (Å²) < 4.78 is 17.3. The summed E-state index contributed by atoms with van der Waals surface area (Å²) in [4.78, 5) is 4.84. The van der Waals surface area contributed by atoms with Crippen LogP contribution in [0, 0.1) is 16.7 Å². The van der Waals surface area contributed by atoms with E-state index in [9.17, 15) is 5.11 Å². The van der Waals surface area contributed by atoms with Gasteiger partial charge in [0.05, 0.1) is 18.8 Å². The lowest BCUT2D eigenvalue weighted by atomic mass is 9.70. The summed E-state index contributed by atoms with van der Waals surface area (Å²) in [5.74, 6) is 2.47. The third-order valence-corrected chi connectivity index (χ3v) is 8.37. The number of fused-ring (bicyclic) bond motifs is 3. The lowest BCUT2D eigenvalue weighted by molar-refractivity contribution is -0.114. The van der Waals surface area contributed by atoms with Crippen molar-refractivity contribution in [2.45, 2.75) is 58.8 Å². The lowest BCUT2D eigenvalue weighted by Gasteiger charge is -2.43. The Morgan fingerprint density at radius 2 is 1.84 bits per heavy atom. The summed E-state index contributed by atoms with van der Waals surface area (Å²) in [5.41, 5.74) is 1.79. The Bertz CT molecular complexity index is 787. The minimum absolute atomic E-state index is 0.229. The van der Waals surface area contributed by atoms with E-state index in [0.29, 0.717) is 25.4 Å². The van der Waals surface area contributed by atoms with Gasteiger partial charge in [-0.15, -0.1) is 0 Å². The average Bonchev–Trinajstić information content (AvgIpc) is 3.40. The topological polar surface area (TPSA) is 54.4 Å². The first-order valence-electron chi connectivity index (χ1n) is 12.0. The fourth-order valence-corrected chi connectivity index (χ4v) is 6.66. The second-order valence-corrected chi connectivity index (χ2v) is 11.0. The van der Waals surface area contributed by atoms with Crippen LogP contribution in [0.2, 0.25) is 0 Å². The van der Waals surface area contributed by atoms with Crippen molar-refractivity contribution in [1.29, 1.82) is 0 Å². The minimum atomic E-state index is -0.418. The number of aliphatic hydroxyl groups excluding tert-OH is 1. The molecule has 2 aliphatic heterocycles. The van der Waals surface area contributed by atoms with Crippen LogP contribution in [0.1, 0.15) is 45.6 Å². The number of rotatable bonds is 7. The van der Waals surface area contributed by atoms with E-state index in [2.05, 4.69) is 42.7 Å². The Balaban J connectivity index is 1.05. The van der Waals surface area contributed by atoms with Crippen LogP contribution in [0.3, 0.4) is 0 Å². The summed E-state index contributed by atoms with van der Waals surface area (Å²) in [5, 5.41) is 10.7. The van der Waals surface area contributed by atoms with Gasteiger partial charge in [0.2, 0.25) is 6.79 Å². The molecule has 2 heterocycles. The van der Waals surface area contributed by atoms with Crippen LogP contribution in [0.15, 0.2) is 18.2 Å². The highest BCUT2D eigenvalue weighted by molar-refractivity contribution is 5.44. The summed E-state index contributed by atoms with van der Waals surface area (Å²) >= 11 is 0. The first-order valence-corrected chi connectivity index (χ1v) is 12.0. The van der Waals surface area contributed by atoms with E-state index < -0.39 is 6.10 Å². The quantitative estimate of drug-likeness (QED) is 0.717. The molecule has 172 valence electrons. The van der Waals surface area contributed by atoms with Gasteiger partial charge < -0.3 is 19.3 Å². The van der Waals surface area contributed by atoms with Crippen molar-refractivity contribution in [3.05, 3.63) is 23.8 Å². The molecular weight excluding hydrogens is 392 g/mol. The number of hydrogen-bond donors (Lipinski definition) is 1. The molecule has 5 rings (SSSR count). The zero-order valence-corrected chi connectivity index (χ0v) is 19.3. The second kappa shape index (κ2) is 8.22. The molecule has 1 saturated heterocycles. The molecule has 6 nitrogen and oxygen atoms in total. The molecule has 0 unspecified atom stereocenters. The highest BCUT2D eigenvalue weighted by atomic mass is 16.7. The van der Waals surface area contributed by atoms with Gasteiger partial charge in [0.25, 0.3) is 0 Å². The number of benzene rings is 1. The third-order valence-electron chi connectivity index (χ3n) is 8.37. The number of aliphatic hydroxyl groups is 1. The number of β-amino-alcohol motifs (C(OH)–C–C–N with tert-alkyl or cyclic N) is 1. The molecule has 31 heavy (non-hydrogen) atoms. The maximum Gasteiger partial charge on any atom is 0.231 e. The summed E-state index contributed by atoms with van der Waals surface area (Å²) in [6.45, 7) is 13.5. The predicted octanol–water partition coefficient (Wildman–Crippen LogP) is 3.13. The molecule has 2 bridgehead atoms. The molecule has 4 atom stereocenters. The van der Waals surface area contributed by atoms with Crippen molar-refractivity contribution in [2.75, 3.05) is 46.1 Å². The molecule has 1 aromatic rings. The molecule has 4 aliphatic rings. The third kappa shape index (κ3) is 4.20. The molecule has 0 spiro atoms. The van der Waals surface area contributed by atoms with Crippen LogP contribution in [0.25, 0.3) is 0 Å². The molecule has 0 amide bonds. The van der Waals surface area contributed by atoms with Crippen molar-refractivity contribution in [3.63, 3.8) is 0 Å². The van der Waals surface area contributed by atoms with Gasteiger partial charge in [-0.3, -0.25) is 9.80 Å². The van der Waals surface area contributed by atoms with Crippen molar-refractivity contribution in [1.82, 2.24) is 9.80 Å². The van der Waals surface area contributed by atoms with E-state index in [-0.39, 0.29) is 11.5 Å². The molecule has 6 heteroatoms. The fourth-order valence-electron chi connectivity index (χ4n) is 6.66. The van der Waals surface area contributed by atoms with Crippen LogP contribution in [0.5, 0.6) is 11.5 Å². The molecule has 0 aromatic heterocycles. The van der Waals surface area contributed by atoms with Gasteiger partial charge in [-0.1, -0.05) is 26.8 Å². The first kappa shape index (κ1) is 21.5. The Morgan fingerprint density at radius 3 is 2.58 bits per heavy atom. The zero-order chi connectivity index (χ0) is 21.6. The zero-order valence-electron chi connectivity index (χ0n) is 19.3. The fraction of sp³-hybridized carbons (Fsp3) is 0.760. The highest BCUT2D eigenvalue weighted by Gasteiger charge is 2.60. The molecule has 1 aromatic carbocycles. The van der Waals surface area contributed by atoms with Crippen molar-refractivity contribution in [2.24, 2.45) is 16.7 Å². The van der Waals surface area contributed by atoms with Crippen LogP contribution >= 0.6 is 0 Å². The van der Waals surface area contributed by atoms with Crippen LogP contribution in [0.4, 0.5) is 0 Å². The summed E-state index contributed by atoms with van der Waals surface area (Å²) in [7, 11) is 0. The minimum Gasteiger partial charge on any atom is -0.454 e. The Hall–Kier alpha value is -1.34. The maximum atomic E-state index is 10.7. The smallest absolute Gasteiger partial charge is 0.231 e. The normalized spacial score (nSPS) is 33.2. The Labute approximate surface area is 186 Å². The number of hydrogen-bond acceptors (Lipinski definition) is 6. The number of nitrogens with zero attached hydrogens (tertiary/aromatic N) is 2. The Morgan fingerprint density at radius 1 is 1.10 bits per heavy atom. The SMILES string of the molecule is CC1(C)[C@@H]2CC[C@](C)(C2)[C@@H]1OC[C@H](O)CN1CCN(Cc2ccc3c(c2)OCO3)CC1. The van der Waals surface area contributed by atoms with E-state index in [4.69, 9.17) is 14.2 Å². The number of piperazine rings is 1. The summed E-state index contributed by atoms with van der Waals surface area (Å²) in [6.07, 6.45) is 3.74. The Kier molecular flexibility index (Phi) is 5.70. The standard InChI is InChI=1S/C25H38N2O4/c1-24(2)19-6-7-25(3,13-19)23(24)29-16-20(28)15-27-10-8-26(9-11-27)14-18-4-5-21-22(12-18)31-17-30-21/h4-5,12,19-20,23,28H,6-11,13-17H2,1-3H3/t19-,20-,23-,25-/m1/s1. The summed E-state index contributed by atoms with van der Waals surface area (Å²) in [6, 6.07) is 6.22. The lowest BCUT2D eigenvalue weighted by Crippen LogP contribution is -2.49. The molecular formula is C25H38N2O4. The van der Waals surface area contributed by atoms with E-state index in [1.165, 1.54) is 24.8 Å². The highest BCUT2D eigenvalue weighted by Crippen LogP contribution is 2.63. The van der Waals surface area contributed by atoms with Gasteiger partial charge in [-0.05, 0) is 53.7 Å². The van der Waals surface area contributed by atoms with E-state index in [1.54, 1.807) is 0 Å². The van der Waals surface area contributed by atoms with Crippen molar-refractivity contribution in [3.8, 4) is 11.5 Å². The predicted molar refractivity (Wildman–Crippen MR) is 119 cm³/mol. The number of ether oxygens (including phenoxy) is 3. The largest absolute Gasteiger partial charge is 0.454 e. The monoisotopic (exact) mass is 430 g/mol. The van der Waals surface area contributed by atoms with Gasteiger partial charge in [0.15, 0.2) is 11.5 Å². The average molecular weight is 431 g/mol. The van der Waals surface area contributed by atoms with Crippen LogP contribution in [-0.4, -0.2) is 73.2 Å². The van der Waals surface area contributed by atoms with Gasteiger partial charge >= 0.3 is 0 Å². The molecule has 1 N–H and O–H groups in total. The molecule has 3 fully saturated rings.